The van der Waals surface area contributed by atoms with Gasteiger partial charge in [0.2, 0.25) is 0 Å². The van der Waals surface area contributed by atoms with Gasteiger partial charge in [0, 0.05) is 25.7 Å². The molecule has 1 aliphatic rings. The lowest BCUT2D eigenvalue weighted by atomic mass is 10.0. The molecule has 0 amide bonds. The van der Waals surface area contributed by atoms with Crippen molar-refractivity contribution in [1.82, 2.24) is 0 Å². The average Bonchev–Trinajstić information content (AvgIpc) is 3.85. The Kier molecular flexibility index (Phi) is 31.4. The van der Waals surface area contributed by atoms with Crippen LogP contribution in [0, 0.1) is 11.8 Å². The fourth-order valence-electron chi connectivity index (χ4n) is 7.15. The van der Waals surface area contributed by atoms with E-state index in [1.165, 1.54) is 116 Å². The van der Waals surface area contributed by atoms with Crippen LogP contribution >= 0.6 is 0 Å². The minimum Gasteiger partial charge on any atom is -0.465 e. The highest BCUT2D eigenvalue weighted by Gasteiger charge is 2.37. The first-order valence-corrected chi connectivity index (χ1v) is 21.9. The van der Waals surface area contributed by atoms with Crippen molar-refractivity contribution < 1.29 is 23.9 Å². The van der Waals surface area contributed by atoms with Crippen molar-refractivity contribution >= 4 is 17.7 Å². The third kappa shape index (κ3) is 30.0. The number of ether oxygens (including phenoxy) is 2. The molecule has 0 aromatic carbocycles. The number of Topliss-reactive ketones (excluding diaryl/α,β-unsaturated/α-hetero) is 1. The number of unbranched alkanes of at least 4 members (excludes halogenated alkanes) is 21. The predicted octanol–water partition coefficient (Wildman–Crippen LogP) is 13.6. The smallest absolute Gasteiger partial charge is 0.306 e. The zero-order valence-corrected chi connectivity index (χ0v) is 33.0. The minimum atomic E-state index is -0.0296. The lowest BCUT2D eigenvalue weighted by molar-refractivity contribution is -0.150. The van der Waals surface area contributed by atoms with E-state index in [0.717, 1.165) is 83.0 Å². The minimum absolute atomic E-state index is 0.00727. The summed E-state index contributed by atoms with van der Waals surface area (Å²) in [5, 5.41) is 0. The standard InChI is InChI=1S/C44H82O5/c1-4-7-10-13-19-26-33-42(34-27-20-14-11-8-5-2)49-44(47)36-29-22-16-18-25-32-41(45)31-24-17-15-21-28-35-43(46)48-38-40-37-39(40)30-23-12-9-6-3/h39-40,42H,4-38H2,1-3H3. The summed E-state index contributed by atoms with van der Waals surface area (Å²) in [5.74, 6) is 1.77. The van der Waals surface area contributed by atoms with Crippen molar-refractivity contribution in [2.45, 2.75) is 245 Å². The van der Waals surface area contributed by atoms with Crippen molar-refractivity contribution in [3.05, 3.63) is 0 Å². The normalized spacial score (nSPS) is 15.5. The van der Waals surface area contributed by atoms with Gasteiger partial charge in [0.25, 0.3) is 0 Å². The number of carbonyl (C=O) groups is 3. The molecule has 49 heavy (non-hydrogen) atoms. The van der Waals surface area contributed by atoms with Crippen LogP contribution in [0.3, 0.4) is 0 Å². The predicted molar refractivity (Wildman–Crippen MR) is 207 cm³/mol. The van der Waals surface area contributed by atoms with Crippen LogP contribution in [0.5, 0.6) is 0 Å². The molecule has 1 aliphatic carbocycles. The molecule has 1 fully saturated rings. The van der Waals surface area contributed by atoms with Gasteiger partial charge in [-0.05, 0) is 69.6 Å². The highest BCUT2D eigenvalue weighted by molar-refractivity contribution is 5.78. The van der Waals surface area contributed by atoms with E-state index in [-0.39, 0.29) is 18.0 Å². The van der Waals surface area contributed by atoms with E-state index in [4.69, 9.17) is 9.47 Å². The largest absolute Gasteiger partial charge is 0.465 e. The number of esters is 2. The Bertz CT molecular complexity index is 763. The zero-order valence-electron chi connectivity index (χ0n) is 33.0. The van der Waals surface area contributed by atoms with E-state index in [1.54, 1.807) is 0 Å². The Balaban J connectivity index is 1.97. The quantitative estimate of drug-likeness (QED) is 0.0476. The van der Waals surface area contributed by atoms with Crippen LogP contribution in [0.1, 0.15) is 239 Å². The Morgan fingerprint density at radius 2 is 0.878 bits per heavy atom. The maximum Gasteiger partial charge on any atom is 0.306 e. The number of rotatable bonds is 38. The molecular weight excluding hydrogens is 608 g/mol. The molecular formula is C44H82O5. The van der Waals surface area contributed by atoms with Crippen LogP contribution < -0.4 is 0 Å². The topological polar surface area (TPSA) is 69.7 Å². The van der Waals surface area contributed by atoms with E-state index >= 15 is 0 Å². The molecule has 1 saturated carbocycles. The highest BCUT2D eigenvalue weighted by Crippen LogP contribution is 2.42. The second-order valence-corrected chi connectivity index (χ2v) is 15.6. The Morgan fingerprint density at radius 3 is 1.39 bits per heavy atom. The van der Waals surface area contributed by atoms with Gasteiger partial charge in [-0.25, -0.2) is 0 Å². The van der Waals surface area contributed by atoms with Gasteiger partial charge in [-0.1, -0.05) is 156 Å². The van der Waals surface area contributed by atoms with Crippen molar-refractivity contribution in [2.24, 2.45) is 11.8 Å². The first-order valence-electron chi connectivity index (χ1n) is 21.9. The lowest BCUT2D eigenvalue weighted by Gasteiger charge is -2.18. The summed E-state index contributed by atoms with van der Waals surface area (Å²) in [5.41, 5.74) is 0. The average molecular weight is 691 g/mol. The first kappa shape index (κ1) is 45.6. The molecule has 2 unspecified atom stereocenters. The Morgan fingerprint density at radius 1 is 0.469 bits per heavy atom. The number of ketones is 1. The fraction of sp³-hybridized carbons (Fsp3) is 0.932. The molecule has 0 aromatic heterocycles. The molecule has 0 heterocycles. The van der Waals surface area contributed by atoms with Crippen molar-refractivity contribution in [2.75, 3.05) is 6.61 Å². The second-order valence-electron chi connectivity index (χ2n) is 15.6. The van der Waals surface area contributed by atoms with Gasteiger partial charge in [0.15, 0.2) is 0 Å². The molecule has 0 spiro atoms. The molecule has 0 saturated heterocycles. The molecule has 0 aliphatic heterocycles. The van der Waals surface area contributed by atoms with Crippen LogP contribution in [-0.2, 0) is 23.9 Å². The highest BCUT2D eigenvalue weighted by atomic mass is 16.5. The maximum atomic E-state index is 12.6. The van der Waals surface area contributed by atoms with E-state index in [2.05, 4.69) is 20.8 Å². The Hall–Kier alpha value is -1.39. The number of carbonyl (C=O) groups excluding carboxylic acids is 3. The van der Waals surface area contributed by atoms with Gasteiger partial charge in [-0.15, -0.1) is 0 Å². The molecule has 5 nitrogen and oxygen atoms in total. The van der Waals surface area contributed by atoms with Gasteiger partial charge in [-0.3, -0.25) is 14.4 Å². The van der Waals surface area contributed by atoms with Crippen LogP contribution in [0.25, 0.3) is 0 Å². The molecule has 0 N–H and O–H groups in total. The maximum absolute atomic E-state index is 12.6. The summed E-state index contributed by atoms with van der Waals surface area (Å²) in [6.45, 7) is 7.39. The summed E-state index contributed by atoms with van der Waals surface area (Å²) in [7, 11) is 0. The molecule has 288 valence electrons. The summed E-state index contributed by atoms with van der Waals surface area (Å²) >= 11 is 0. The summed E-state index contributed by atoms with van der Waals surface area (Å²) in [4.78, 5) is 37.0. The number of hydrogen-bond acceptors (Lipinski definition) is 5. The second kappa shape index (κ2) is 33.7. The molecule has 2 atom stereocenters. The van der Waals surface area contributed by atoms with Gasteiger partial charge in [-0.2, -0.15) is 0 Å². The third-order valence-corrected chi connectivity index (χ3v) is 10.7. The lowest BCUT2D eigenvalue weighted by Crippen LogP contribution is -2.18. The van der Waals surface area contributed by atoms with Gasteiger partial charge in [0.05, 0.1) is 6.61 Å². The monoisotopic (exact) mass is 691 g/mol. The van der Waals surface area contributed by atoms with Crippen molar-refractivity contribution in [3.8, 4) is 0 Å². The van der Waals surface area contributed by atoms with E-state index in [9.17, 15) is 14.4 Å². The summed E-state index contributed by atoms with van der Waals surface area (Å²) < 4.78 is 11.5. The first-order chi connectivity index (χ1) is 24.0. The molecule has 0 aromatic rings. The molecule has 1 rings (SSSR count). The SMILES string of the molecule is CCCCCCCCC(CCCCCCCC)OC(=O)CCCCCCCC(=O)CCCCCCCC(=O)OCC1CC1CCCCCC. The van der Waals surface area contributed by atoms with Gasteiger partial charge in [0.1, 0.15) is 11.9 Å². The van der Waals surface area contributed by atoms with E-state index < -0.39 is 0 Å². The van der Waals surface area contributed by atoms with Crippen LogP contribution in [0.4, 0.5) is 0 Å². The zero-order chi connectivity index (χ0) is 35.6. The van der Waals surface area contributed by atoms with Crippen LogP contribution in [0.15, 0.2) is 0 Å². The fourth-order valence-corrected chi connectivity index (χ4v) is 7.15. The van der Waals surface area contributed by atoms with Gasteiger partial charge < -0.3 is 9.47 Å². The molecule has 5 heteroatoms. The Labute approximate surface area is 304 Å². The summed E-state index contributed by atoms with van der Waals surface area (Å²) in [6.07, 6.45) is 37.9. The van der Waals surface area contributed by atoms with E-state index in [0.29, 0.717) is 44.0 Å². The molecule has 0 bridgehead atoms. The van der Waals surface area contributed by atoms with Gasteiger partial charge >= 0.3 is 11.9 Å². The van der Waals surface area contributed by atoms with Crippen molar-refractivity contribution in [1.29, 1.82) is 0 Å². The van der Waals surface area contributed by atoms with Crippen LogP contribution in [-0.4, -0.2) is 30.4 Å². The number of hydrogen-bond donors (Lipinski definition) is 0. The van der Waals surface area contributed by atoms with Crippen LogP contribution in [0.2, 0.25) is 0 Å². The third-order valence-electron chi connectivity index (χ3n) is 10.7. The molecule has 0 radical (unpaired) electrons. The van der Waals surface area contributed by atoms with Crippen molar-refractivity contribution in [3.63, 3.8) is 0 Å². The van der Waals surface area contributed by atoms with E-state index in [1.807, 2.05) is 0 Å². The summed E-state index contributed by atoms with van der Waals surface area (Å²) in [6, 6.07) is 0.